The predicted octanol–water partition coefficient (Wildman–Crippen LogP) is 21.3. The molecule has 2 atom stereocenters. The van der Waals surface area contributed by atoms with E-state index in [1.807, 2.05) is 12.2 Å². The molecule has 4 aromatic heterocycles. The maximum absolute atomic E-state index is 15.9. The van der Waals surface area contributed by atoms with Crippen molar-refractivity contribution >= 4 is 108 Å². The third kappa shape index (κ3) is 20.6. The van der Waals surface area contributed by atoms with Crippen molar-refractivity contribution in [1.29, 1.82) is 10.5 Å². The quantitative estimate of drug-likeness (QED) is 0.0277. The Hall–Kier alpha value is -3.94. The molecule has 6 aromatic rings. The Bertz CT molecular complexity index is 3250. The van der Waals surface area contributed by atoms with Crippen LogP contribution in [0.4, 0.5) is 0 Å². The van der Waals surface area contributed by atoms with E-state index in [2.05, 4.69) is 53.7 Å². The zero-order valence-electron chi connectivity index (χ0n) is 53.7. The lowest BCUT2D eigenvalue weighted by molar-refractivity contribution is 0.350. The number of aromatic nitrogens is 2. The third-order valence-electron chi connectivity index (χ3n) is 18.1. The molecule has 0 spiro atoms. The van der Waals surface area contributed by atoms with Crippen LogP contribution >= 0.6 is 45.3 Å². The molecule has 0 fully saturated rings. The van der Waals surface area contributed by atoms with Crippen LogP contribution in [0.3, 0.4) is 0 Å². The predicted molar refractivity (Wildman–Crippen MR) is 374 cm³/mol. The van der Waals surface area contributed by atoms with Crippen LogP contribution in [0.5, 0.6) is 0 Å². The molecule has 2 aromatic carbocycles. The molecular weight excluding hydrogens is 1130 g/mol. The SMILES string of the molecule is CCCCCCCCCCCCC(CCCCCCCCCC)Cn1c(=O)c2c3sc(=CC#N)sc3c3c(=O)n(CC(CCCCCCCCCC)CCCCCCCCCCCC)c(=O)c4c5sc(=C(C#N)/C=C/C(C)C)sc5c(c1=O)c2c34. The van der Waals surface area contributed by atoms with Gasteiger partial charge in [-0.15, -0.1) is 45.3 Å². The van der Waals surface area contributed by atoms with Gasteiger partial charge in [0.2, 0.25) is 0 Å². The standard InChI is InChI=1S/C73H108N4O4S4/c1-7-11-15-19-23-27-29-33-37-41-45-55(43-39-35-31-25-21-17-13-9-3)52-76-69(78)61-59-60-62(66-65(61)82-58(83-66)49-50-74)70(79)77(72(81)64(60)68-67(63(59)71(76)80)84-73(85-68)57(51-75)48-47-54(5)6)53-56(44-40-36-32-26-22-18-14-10-4)46-42-38-34-30-28-24-20-16-12-8-2/h47-49,54-56H,7-46,52-53H2,1-6H3/b48-47+,58-49?,73-57?. The highest BCUT2D eigenvalue weighted by Gasteiger charge is 2.31. The molecule has 0 aliphatic carbocycles. The molecule has 0 bridgehead atoms. The molecule has 85 heavy (non-hydrogen) atoms. The molecule has 0 radical (unpaired) electrons. The summed E-state index contributed by atoms with van der Waals surface area (Å²) < 4.78 is 6.79. The van der Waals surface area contributed by atoms with Crippen molar-refractivity contribution in [3.63, 3.8) is 0 Å². The van der Waals surface area contributed by atoms with Gasteiger partial charge in [0.15, 0.2) is 0 Å². The lowest BCUT2D eigenvalue weighted by Gasteiger charge is -2.21. The number of pyridine rings is 2. The minimum atomic E-state index is -0.381. The zero-order valence-corrected chi connectivity index (χ0v) is 57.0. The first-order valence-electron chi connectivity index (χ1n) is 34.6. The van der Waals surface area contributed by atoms with Gasteiger partial charge >= 0.3 is 0 Å². The Morgan fingerprint density at radius 3 is 0.929 bits per heavy atom. The summed E-state index contributed by atoms with van der Waals surface area (Å²) in [6, 6.07) is 4.67. The second-order valence-electron chi connectivity index (χ2n) is 25.6. The van der Waals surface area contributed by atoms with Crippen molar-refractivity contribution < 1.29 is 0 Å². The molecule has 0 aliphatic rings. The average molecular weight is 1230 g/mol. The van der Waals surface area contributed by atoms with Gasteiger partial charge in [0.25, 0.3) is 22.2 Å². The lowest BCUT2D eigenvalue weighted by atomic mass is 9.92. The first-order valence-corrected chi connectivity index (χ1v) is 37.9. The molecule has 12 heteroatoms. The van der Waals surface area contributed by atoms with E-state index in [9.17, 15) is 10.5 Å². The first-order chi connectivity index (χ1) is 41.5. The number of nitrogens with zero attached hydrogens (tertiary/aromatic N) is 4. The highest BCUT2D eigenvalue weighted by atomic mass is 32.2. The van der Waals surface area contributed by atoms with E-state index < -0.39 is 0 Å². The number of allylic oxidation sites excluding steroid dienone is 2. The van der Waals surface area contributed by atoms with Crippen molar-refractivity contribution in [3.05, 3.63) is 61.3 Å². The minimum absolute atomic E-state index is 0.119. The number of hydrogen-bond donors (Lipinski definition) is 0. The molecule has 0 aliphatic heterocycles. The van der Waals surface area contributed by atoms with E-state index in [0.717, 1.165) is 77.0 Å². The minimum Gasteiger partial charge on any atom is -0.274 e. The number of nitriles is 2. The maximum atomic E-state index is 15.9. The van der Waals surface area contributed by atoms with Gasteiger partial charge < -0.3 is 0 Å². The summed E-state index contributed by atoms with van der Waals surface area (Å²) in [6.07, 6.45) is 53.3. The van der Waals surface area contributed by atoms with Crippen LogP contribution in [-0.2, 0) is 13.1 Å². The Kier molecular flexibility index (Phi) is 32.3. The number of hydrogen-bond acceptors (Lipinski definition) is 10. The van der Waals surface area contributed by atoms with E-state index in [1.165, 1.54) is 240 Å². The van der Waals surface area contributed by atoms with Crippen molar-refractivity contribution in [1.82, 2.24) is 9.13 Å². The Balaban J connectivity index is 1.50. The summed E-state index contributed by atoms with van der Waals surface area (Å²) in [4.78, 5) is 63.3. The molecule has 0 saturated heterocycles. The van der Waals surface area contributed by atoms with Gasteiger partial charge in [0.1, 0.15) is 6.07 Å². The summed E-state index contributed by atoms with van der Waals surface area (Å²) >= 11 is 5.40. The Labute approximate surface area is 526 Å². The third-order valence-corrected chi connectivity index (χ3v) is 23.3. The molecule has 0 amide bonds. The van der Waals surface area contributed by atoms with E-state index >= 15 is 19.2 Å². The first kappa shape index (κ1) is 70.2. The van der Waals surface area contributed by atoms with Crippen LogP contribution in [0, 0.1) is 40.4 Å². The molecule has 6 rings (SSSR count). The van der Waals surface area contributed by atoms with Gasteiger partial charge in [0.05, 0.1) is 59.7 Å². The second-order valence-corrected chi connectivity index (χ2v) is 30.3. The van der Waals surface area contributed by atoms with Gasteiger partial charge in [-0.3, -0.25) is 28.3 Å². The van der Waals surface area contributed by atoms with Crippen LogP contribution in [-0.4, -0.2) is 9.13 Å². The molecule has 2 unspecified atom stereocenters. The van der Waals surface area contributed by atoms with Crippen molar-refractivity contribution in [2.45, 2.75) is 311 Å². The fraction of sp³-hybridized carbons (Fsp3) is 0.699. The van der Waals surface area contributed by atoms with E-state index in [4.69, 9.17) is 0 Å². The van der Waals surface area contributed by atoms with Crippen LogP contribution in [0.15, 0.2) is 31.3 Å². The normalized spacial score (nSPS) is 12.8. The number of unbranched alkanes of at least 4 members (excludes halogenated alkanes) is 32. The van der Waals surface area contributed by atoms with Crippen LogP contribution in [0.1, 0.15) is 298 Å². The summed E-state index contributed by atoms with van der Waals surface area (Å²) in [5, 5.41) is 23.1. The van der Waals surface area contributed by atoms with Gasteiger partial charge in [-0.2, -0.15) is 10.5 Å². The summed E-state index contributed by atoms with van der Waals surface area (Å²) in [6.45, 7) is 13.8. The van der Waals surface area contributed by atoms with E-state index in [0.29, 0.717) is 77.5 Å². The number of fused-ring (bicyclic) bond motifs is 6. The number of rotatable bonds is 46. The number of benzene rings is 2. The van der Waals surface area contributed by atoms with E-state index in [-0.39, 0.29) is 40.0 Å². The molecule has 8 nitrogen and oxygen atoms in total. The van der Waals surface area contributed by atoms with Crippen LogP contribution in [0.25, 0.3) is 62.8 Å². The van der Waals surface area contributed by atoms with Crippen molar-refractivity contribution in [2.75, 3.05) is 0 Å². The monoisotopic (exact) mass is 1230 g/mol. The van der Waals surface area contributed by atoms with E-state index in [1.54, 1.807) is 0 Å². The smallest absolute Gasteiger partial charge is 0.262 e. The average Bonchev–Trinajstić information content (AvgIpc) is 1.95. The van der Waals surface area contributed by atoms with Crippen molar-refractivity contribution in [2.24, 2.45) is 17.8 Å². The highest BCUT2D eigenvalue weighted by molar-refractivity contribution is 7.38. The molecular formula is C73H108N4O4S4. The van der Waals surface area contributed by atoms with Gasteiger partial charge in [0, 0.05) is 29.9 Å². The summed E-state index contributed by atoms with van der Waals surface area (Å²) in [5.41, 5.74) is -1.06. The topological polar surface area (TPSA) is 126 Å². The Morgan fingerprint density at radius 1 is 0.400 bits per heavy atom. The maximum Gasteiger partial charge on any atom is 0.262 e. The zero-order chi connectivity index (χ0) is 60.8. The van der Waals surface area contributed by atoms with Gasteiger partial charge in [-0.1, -0.05) is 279 Å². The molecule has 0 N–H and O–H groups in total. The van der Waals surface area contributed by atoms with Crippen molar-refractivity contribution in [3.8, 4) is 12.1 Å². The fourth-order valence-electron chi connectivity index (χ4n) is 13.2. The fourth-order valence-corrected chi connectivity index (χ4v) is 18.4. The second kappa shape index (κ2) is 39.1. The Morgan fingerprint density at radius 2 is 0.671 bits per heavy atom. The summed E-state index contributed by atoms with van der Waals surface area (Å²) in [7, 11) is 0. The molecule has 4 heterocycles. The highest BCUT2D eigenvalue weighted by Crippen LogP contribution is 2.44. The van der Waals surface area contributed by atoms with Crippen LogP contribution in [0.2, 0.25) is 0 Å². The van der Waals surface area contributed by atoms with Gasteiger partial charge in [-0.25, -0.2) is 0 Å². The largest absolute Gasteiger partial charge is 0.274 e. The molecule has 0 saturated carbocycles. The van der Waals surface area contributed by atoms with Gasteiger partial charge in [-0.05, 0) is 49.5 Å². The van der Waals surface area contributed by atoms with Crippen LogP contribution < -0.4 is 29.9 Å². The lowest BCUT2D eigenvalue weighted by Crippen LogP contribution is -2.38. The summed E-state index contributed by atoms with van der Waals surface area (Å²) in [5.74, 6) is 0.428. The molecule has 468 valence electrons.